The number of rotatable bonds is 4. The third-order valence-electron chi connectivity index (χ3n) is 4.21. The van der Waals surface area contributed by atoms with E-state index in [0.29, 0.717) is 12.6 Å². The number of hydrogen-bond donors (Lipinski definition) is 1. The summed E-state index contributed by atoms with van der Waals surface area (Å²) in [5, 5.41) is 0.747. The minimum atomic E-state index is 0.221. The summed E-state index contributed by atoms with van der Waals surface area (Å²) in [6.07, 6.45) is 2.49. The van der Waals surface area contributed by atoms with Gasteiger partial charge in [0.25, 0.3) is 0 Å². The van der Waals surface area contributed by atoms with Crippen molar-refractivity contribution in [1.82, 2.24) is 9.80 Å². The van der Waals surface area contributed by atoms with Gasteiger partial charge in [-0.05, 0) is 51.2 Å². The highest BCUT2D eigenvalue weighted by Gasteiger charge is 2.27. The van der Waals surface area contributed by atoms with E-state index in [1.54, 1.807) is 0 Å². The molecule has 0 spiro atoms. The summed E-state index contributed by atoms with van der Waals surface area (Å²) in [6.45, 7) is 2.91. The third-order valence-corrected chi connectivity index (χ3v) is 5.13. The molecule has 0 amide bonds. The number of likely N-dealkylation sites (N-methyl/N-ethyl adjacent to an activating group) is 2. The minimum Gasteiger partial charge on any atom is -0.329 e. The Labute approximate surface area is 135 Å². The van der Waals surface area contributed by atoms with Gasteiger partial charge in [-0.3, -0.25) is 4.90 Å². The number of benzene rings is 1. The van der Waals surface area contributed by atoms with E-state index in [4.69, 9.17) is 17.3 Å². The topological polar surface area (TPSA) is 32.5 Å². The summed E-state index contributed by atoms with van der Waals surface area (Å²) in [5.74, 6) is 0. The van der Waals surface area contributed by atoms with Crippen LogP contribution < -0.4 is 5.73 Å². The van der Waals surface area contributed by atoms with Crippen molar-refractivity contribution in [2.45, 2.75) is 24.9 Å². The Morgan fingerprint density at radius 1 is 1.55 bits per heavy atom. The Kier molecular flexibility index (Phi) is 5.87. The summed E-state index contributed by atoms with van der Waals surface area (Å²) in [6, 6.07) is 6.74. The quantitative estimate of drug-likeness (QED) is 0.895. The van der Waals surface area contributed by atoms with Gasteiger partial charge in [-0.1, -0.05) is 33.6 Å². The lowest BCUT2D eigenvalue weighted by molar-refractivity contribution is 0.101. The first-order chi connectivity index (χ1) is 9.52. The predicted molar refractivity (Wildman–Crippen MR) is 89.2 cm³/mol. The lowest BCUT2D eigenvalue weighted by atomic mass is 9.99. The van der Waals surface area contributed by atoms with E-state index in [0.717, 1.165) is 16.0 Å². The summed E-state index contributed by atoms with van der Waals surface area (Å²) in [7, 11) is 4.37. The average Bonchev–Trinajstić information content (AvgIpc) is 2.41. The SMILES string of the molecule is CN1CCCC(N(C)C(CN)c2ccc(Cl)cc2Br)C1. The maximum atomic E-state index is 6.04. The van der Waals surface area contributed by atoms with Crippen LogP contribution in [0.1, 0.15) is 24.4 Å². The van der Waals surface area contributed by atoms with Crippen molar-refractivity contribution in [3.05, 3.63) is 33.3 Å². The van der Waals surface area contributed by atoms with Crippen LogP contribution >= 0.6 is 27.5 Å². The number of piperidine rings is 1. The Balaban J connectivity index is 2.18. The highest BCUT2D eigenvalue weighted by atomic mass is 79.9. The van der Waals surface area contributed by atoms with Gasteiger partial charge in [-0.2, -0.15) is 0 Å². The molecule has 0 aliphatic carbocycles. The normalized spacial score (nSPS) is 22.2. The van der Waals surface area contributed by atoms with Crippen LogP contribution in [0.4, 0.5) is 0 Å². The van der Waals surface area contributed by atoms with Crippen LogP contribution in [-0.4, -0.2) is 49.6 Å². The van der Waals surface area contributed by atoms with Crippen molar-refractivity contribution < 1.29 is 0 Å². The fourth-order valence-electron chi connectivity index (χ4n) is 3.01. The molecule has 1 aromatic rings. The van der Waals surface area contributed by atoms with Gasteiger partial charge in [0, 0.05) is 34.7 Å². The summed E-state index contributed by atoms with van der Waals surface area (Å²) < 4.78 is 1.04. The van der Waals surface area contributed by atoms with Gasteiger partial charge in [-0.25, -0.2) is 0 Å². The molecule has 1 fully saturated rings. The van der Waals surface area contributed by atoms with Crippen LogP contribution in [0.25, 0.3) is 0 Å². The zero-order valence-electron chi connectivity index (χ0n) is 12.1. The Morgan fingerprint density at radius 3 is 2.90 bits per heavy atom. The monoisotopic (exact) mass is 359 g/mol. The average molecular weight is 361 g/mol. The van der Waals surface area contributed by atoms with Gasteiger partial charge in [0.15, 0.2) is 0 Å². The molecule has 1 saturated heterocycles. The van der Waals surface area contributed by atoms with Gasteiger partial charge in [-0.15, -0.1) is 0 Å². The van der Waals surface area contributed by atoms with Crippen molar-refractivity contribution in [3.8, 4) is 0 Å². The predicted octanol–water partition coefficient (Wildman–Crippen LogP) is 3.13. The molecule has 3 nitrogen and oxygen atoms in total. The Hall–Kier alpha value is -0.130. The second kappa shape index (κ2) is 7.23. The molecule has 2 atom stereocenters. The van der Waals surface area contributed by atoms with E-state index >= 15 is 0 Å². The molecule has 112 valence electrons. The first kappa shape index (κ1) is 16.2. The molecule has 1 heterocycles. The first-order valence-electron chi connectivity index (χ1n) is 7.08. The highest BCUT2D eigenvalue weighted by Crippen LogP contribution is 2.31. The van der Waals surface area contributed by atoms with E-state index in [2.05, 4.69) is 45.9 Å². The Morgan fingerprint density at radius 2 is 2.30 bits per heavy atom. The molecule has 1 aliphatic rings. The first-order valence-corrected chi connectivity index (χ1v) is 8.25. The van der Waals surface area contributed by atoms with E-state index in [1.165, 1.54) is 24.9 Å². The van der Waals surface area contributed by atoms with Crippen molar-refractivity contribution in [1.29, 1.82) is 0 Å². The molecule has 2 N–H and O–H groups in total. The third kappa shape index (κ3) is 3.74. The molecule has 20 heavy (non-hydrogen) atoms. The molecule has 5 heteroatoms. The molecule has 2 rings (SSSR count). The maximum Gasteiger partial charge on any atom is 0.0482 e. The summed E-state index contributed by atoms with van der Waals surface area (Å²) in [5.41, 5.74) is 7.26. The molecule has 1 aromatic carbocycles. The molecular formula is C15H23BrClN3. The second-order valence-corrected chi connectivity index (χ2v) is 6.93. The van der Waals surface area contributed by atoms with Crippen LogP contribution in [-0.2, 0) is 0 Å². The van der Waals surface area contributed by atoms with Crippen LogP contribution in [0.5, 0.6) is 0 Å². The molecule has 0 saturated carbocycles. The fraction of sp³-hybridized carbons (Fsp3) is 0.600. The highest BCUT2D eigenvalue weighted by molar-refractivity contribution is 9.10. The fourth-order valence-corrected chi connectivity index (χ4v) is 3.96. The van der Waals surface area contributed by atoms with Crippen LogP contribution in [0, 0.1) is 0 Å². The second-order valence-electron chi connectivity index (χ2n) is 5.64. The van der Waals surface area contributed by atoms with Crippen LogP contribution in [0.15, 0.2) is 22.7 Å². The van der Waals surface area contributed by atoms with E-state index in [-0.39, 0.29) is 6.04 Å². The zero-order chi connectivity index (χ0) is 14.7. The van der Waals surface area contributed by atoms with Gasteiger partial charge in [0.05, 0.1) is 0 Å². The molecule has 1 aliphatic heterocycles. The molecule has 0 bridgehead atoms. The number of likely N-dealkylation sites (tertiary alicyclic amines) is 1. The molecule has 0 aromatic heterocycles. The number of hydrogen-bond acceptors (Lipinski definition) is 3. The van der Waals surface area contributed by atoms with Crippen molar-refractivity contribution in [2.24, 2.45) is 5.73 Å². The van der Waals surface area contributed by atoms with Gasteiger partial charge >= 0.3 is 0 Å². The maximum absolute atomic E-state index is 6.04. The minimum absolute atomic E-state index is 0.221. The Bertz CT molecular complexity index is 455. The lowest BCUT2D eigenvalue weighted by Gasteiger charge is -2.40. The van der Waals surface area contributed by atoms with E-state index in [9.17, 15) is 0 Å². The lowest BCUT2D eigenvalue weighted by Crippen LogP contribution is -2.47. The van der Waals surface area contributed by atoms with Crippen LogP contribution in [0.3, 0.4) is 0 Å². The van der Waals surface area contributed by atoms with Crippen molar-refractivity contribution >= 4 is 27.5 Å². The van der Waals surface area contributed by atoms with Gasteiger partial charge in [0.2, 0.25) is 0 Å². The van der Waals surface area contributed by atoms with E-state index < -0.39 is 0 Å². The van der Waals surface area contributed by atoms with Crippen LogP contribution in [0.2, 0.25) is 5.02 Å². The summed E-state index contributed by atoms with van der Waals surface area (Å²) in [4.78, 5) is 4.82. The largest absolute Gasteiger partial charge is 0.329 e. The standard InChI is InChI=1S/C15H23BrClN3/c1-19-7-3-4-12(10-19)20(2)15(9-18)13-6-5-11(17)8-14(13)16/h5-6,8,12,15H,3-4,7,9-10,18H2,1-2H3. The smallest absolute Gasteiger partial charge is 0.0482 e. The summed E-state index contributed by atoms with van der Waals surface area (Å²) >= 11 is 9.65. The van der Waals surface area contributed by atoms with Gasteiger partial charge in [0.1, 0.15) is 0 Å². The van der Waals surface area contributed by atoms with Gasteiger partial charge < -0.3 is 10.6 Å². The zero-order valence-corrected chi connectivity index (χ0v) is 14.5. The number of halogens is 2. The molecule has 0 radical (unpaired) electrons. The molecule has 2 unspecified atom stereocenters. The molecular weight excluding hydrogens is 338 g/mol. The van der Waals surface area contributed by atoms with Crippen molar-refractivity contribution in [2.75, 3.05) is 33.7 Å². The van der Waals surface area contributed by atoms with Crippen molar-refractivity contribution in [3.63, 3.8) is 0 Å². The number of nitrogens with two attached hydrogens (primary N) is 1. The van der Waals surface area contributed by atoms with E-state index in [1.807, 2.05) is 12.1 Å². The number of nitrogens with zero attached hydrogens (tertiary/aromatic N) is 2.